The van der Waals surface area contributed by atoms with Crippen LogP contribution in [-0.2, 0) is 4.74 Å². The number of hydrogen-bond donors (Lipinski definition) is 0. The fourth-order valence-corrected chi connectivity index (χ4v) is 0.974. The van der Waals surface area contributed by atoms with Crippen molar-refractivity contribution < 1.29 is 4.74 Å². The topological polar surface area (TPSA) is 9.23 Å². The van der Waals surface area contributed by atoms with Gasteiger partial charge in [-0.1, -0.05) is 22.4 Å². The molecule has 55 valence electrons. The summed E-state index contributed by atoms with van der Waals surface area (Å²) in [6, 6.07) is 0. The number of halogens is 1. The zero-order valence-corrected chi connectivity index (χ0v) is 7.32. The van der Waals surface area contributed by atoms with Gasteiger partial charge in [0.25, 0.3) is 0 Å². The van der Waals surface area contributed by atoms with Gasteiger partial charge in [-0.3, -0.25) is 0 Å². The average Bonchev–Trinajstić information content (AvgIpc) is 1.89. The fourth-order valence-electron chi connectivity index (χ4n) is 0.577. The van der Waals surface area contributed by atoms with Crippen LogP contribution >= 0.6 is 15.9 Å². The summed E-state index contributed by atoms with van der Waals surface area (Å²) in [6.07, 6.45) is 3.67. The zero-order chi connectivity index (χ0) is 6.95. The van der Waals surface area contributed by atoms with E-state index in [0.717, 1.165) is 11.9 Å². The molecule has 0 atom stereocenters. The van der Waals surface area contributed by atoms with Gasteiger partial charge in [0, 0.05) is 18.5 Å². The Kier molecular flexibility index (Phi) is 8.85. The zero-order valence-electron chi connectivity index (χ0n) is 5.74. The van der Waals surface area contributed by atoms with Gasteiger partial charge in [-0.05, 0) is 19.8 Å². The van der Waals surface area contributed by atoms with Crippen LogP contribution in [0.1, 0.15) is 19.3 Å². The second-order valence-electron chi connectivity index (χ2n) is 1.86. The molecule has 0 aliphatic rings. The van der Waals surface area contributed by atoms with E-state index in [1.165, 1.54) is 19.3 Å². The minimum atomic E-state index is 0.605. The molecule has 0 rings (SSSR count). The molecule has 0 aliphatic heterocycles. The highest BCUT2D eigenvalue weighted by Crippen LogP contribution is 1.97. The standard InChI is InChI=1S/C7H14BrO/c1-2-9-7-5-3-4-6-8/h1-7H2. The summed E-state index contributed by atoms with van der Waals surface area (Å²) in [6.45, 7) is 5.05. The minimum absolute atomic E-state index is 0.605. The third-order valence-electron chi connectivity index (χ3n) is 1.07. The molecule has 1 nitrogen and oxygen atoms in total. The first-order valence-corrected chi connectivity index (χ1v) is 4.47. The molecule has 0 bridgehead atoms. The number of alkyl halides is 1. The van der Waals surface area contributed by atoms with Crippen LogP contribution in [0.25, 0.3) is 0 Å². The van der Waals surface area contributed by atoms with Crippen LogP contribution in [0.5, 0.6) is 0 Å². The van der Waals surface area contributed by atoms with Crippen LogP contribution in [-0.4, -0.2) is 18.5 Å². The predicted octanol–water partition coefficient (Wildman–Crippen LogP) is 2.40. The Morgan fingerprint density at radius 1 is 1.22 bits per heavy atom. The first-order valence-electron chi connectivity index (χ1n) is 3.34. The Labute approximate surface area is 65.9 Å². The quantitative estimate of drug-likeness (QED) is 0.466. The predicted molar refractivity (Wildman–Crippen MR) is 43.8 cm³/mol. The van der Waals surface area contributed by atoms with E-state index in [-0.39, 0.29) is 0 Å². The minimum Gasteiger partial charge on any atom is -0.381 e. The van der Waals surface area contributed by atoms with E-state index in [4.69, 9.17) is 4.74 Å². The molecule has 2 heteroatoms. The average molecular weight is 194 g/mol. The molecule has 0 fully saturated rings. The van der Waals surface area contributed by atoms with E-state index in [9.17, 15) is 0 Å². The lowest BCUT2D eigenvalue weighted by Crippen LogP contribution is -1.93. The molecule has 0 unspecified atom stereocenters. The van der Waals surface area contributed by atoms with Crippen molar-refractivity contribution in [3.8, 4) is 0 Å². The molecule has 0 amide bonds. The van der Waals surface area contributed by atoms with Crippen molar-refractivity contribution in [2.24, 2.45) is 0 Å². The summed E-state index contributed by atoms with van der Waals surface area (Å²) in [7, 11) is 0. The molecule has 0 aromatic heterocycles. The van der Waals surface area contributed by atoms with E-state index in [1.54, 1.807) is 0 Å². The molecule has 0 aromatic rings. The first-order chi connectivity index (χ1) is 4.41. The van der Waals surface area contributed by atoms with Gasteiger partial charge in [-0.25, -0.2) is 0 Å². The van der Waals surface area contributed by atoms with E-state index in [0.29, 0.717) is 6.61 Å². The highest BCUT2D eigenvalue weighted by molar-refractivity contribution is 9.09. The van der Waals surface area contributed by atoms with E-state index in [1.807, 2.05) is 0 Å². The summed E-state index contributed by atoms with van der Waals surface area (Å²) in [4.78, 5) is 0. The number of ether oxygens (including phenoxy) is 1. The Hall–Kier alpha value is 0.440. The normalized spacial score (nSPS) is 10.0. The van der Waals surface area contributed by atoms with Gasteiger partial charge in [0.15, 0.2) is 0 Å². The molecule has 0 aromatic carbocycles. The Balaban J connectivity index is 2.60. The monoisotopic (exact) mass is 193 g/mol. The maximum atomic E-state index is 5.05. The van der Waals surface area contributed by atoms with Crippen molar-refractivity contribution in [2.45, 2.75) is 19.3 Å². The first kappa shape index (κ1) is 9.44. The molecule has 9 heavy (non-hydrogen) atoms. The molecular formula is C7H14BrO. The van der Waals surface area contributed by atoms with E-state index >= 15 is 0 Å². The summed E-state index contributed by atoms with van der Waals surface area (Å²) in [5.74, 6) is 0. The Morgan fingerprint density at radius 3 is 2.56 bits per heavy atom. The van der Waals surface area contributed by atoms with Crippen LogP contribution in [0.3, 0.4) is 0 Å². The number of unbranched alkanes of at least 4 members (excludes halogenated alkanes) is 2. The Morgan fingerprint density at radius 2 is 2.00 bits per heavy atom. The summed E-state index contributed by atoms with van der Waals surface area (Å²) in [5.41, 5.74) is 0. The van der Waals surface area contributed by atoms with Gasteiger partial charge in [0.05, 0.1) is 0 Å². The van der Waals surface area contributed by atoms with E-state index < -0.39 is 0 Å². The van der Waals surface area contributed by atoms with Crippen molar-refractivity contribution >= 4 is 15.9 Å². The van der Waals surface area contributed by atoms with Crippen LogP contribution in [0, 0.1) is 6.92 Å². The third kappa shape index (κ3) is 8.44. The highest BCUT2D eigenvalue weighted by Gasteiger charge is 1.85. The summed E-state index contributed by atoms with van der Waals surface area (Å²) < 4.78 is 5.05. The van der Waals surface area contributed by atoms with Crippen molar-refractivity contribution in [1.29, 1.82) is 0 Å². The second-order valence-corrected chi connectivity index (χ2v) is 2.66. The van der Waals surface area contributed by atoms with Crippen LogP contribution < -0.4 is 0 Å². The number of hydrogen-bond acceptors (Lipinski definition) is 1. The smallest absolute Gasteiger partial charge is 0.0466 e. The molecule has 0 heterocycles. The maximum Gasteiger partial charge on any atom is 0.0466 e. The van der Waals surface area contributed by atoms with Gasteiger partial charge >= 0.3 is 0 Å². The lowest BCUT2D eigenvalue weighted by atomic mass is 10.3. The molecule has 0 N–H and O–H groups in total. The van der Waals surface area contributed by atoms with Crippen molar-refractivity contribution in [3.63, 3.8) is 0 Å². The molecular weight excluding hydrogens is 180 g/mol. The van der Waals surface area contributed by atoms with Crippen molar-refractivity contribution in [2.75, 3.05) is 18.5 Å². The fraction of sp³-hybridized carbons (Fsp3) is 0.857. The van der Waals surface area contributed by atoms with Crippen LogP contribution in [0.15, 0.2) is 0 Å². The lowest BCUT2D eigenvalue weighted by Gasteiger charge is -1.97. The van der Waals surface area contributed by atoms with Gasteiger partial charge in [-0.15, -0.1) is 0 Å². The SMILES string of the molecule is [CH2]COCCCCCBr. The molecule has 0 aliphatic carbocycles. The second kappa shape index (κ2) is 8.44. The molecule has 0 saturated heterocycles. The number of rotatable bonds is 6. The maximum absolute atomic E-state index is 5.05. The van der Waals surface area contributed by atoms with Crippen LogP contribution in [0.2, 0.25) is 0 Å². The largest absolute Gasteiger partial charge is 0.381 e. The van der Waals surface area contributed by atoms with Gasteiger partial charge in [0.2, 0.25) is 0 Å². The van der Waals surface area contributed by atoms with E-state index in [2.05, 4.69) is 22.9 Å². The Bertz CT molecular complexity index is 42.2. The molecule has 1 radical (unpaired) electrons. The third-order valence-corrected chi connectivity index (χ3v) is 1.63. The van der Waals surface area contributed by atoms with Crippen LogP contribution in [0.4, 0.5) is 0 Å². The molecule has 0 saturated carbocycles. The van der Waals surface area contributed by atoms with Crippen molar-refractivity contribution in [1.82, 2.24) is 0 Å². The van der Waals surface area contributed by atoms with Crippen molar-refractivity contribution in [3.05, 3.63) is 6.92 Å². The lowest BCUT2D eigenvalue weighted by molar-refractivity contribution is 0.156. The summed E-state index contributed by atoms with van der Waals surface area (Å²) >= 11 is 3.37. The van der Waals surface area contributed by atoms with Gasteiger partial charge in [0.1, 0.15) is 0 Å². The van der Waals surface area contributed by atoms with Gasteiger partial charge < -0.3 is 4.74 Å². The molecule has 0 spiro atoms. The summed E-state index contributed by atoms with van der Waals surface area (Å²) in [5, 5.41) is 1.11. The highest BCUT2D eigenvalue weighted by atomic mass is 79.9. The van der Waals surface area contributed by atoms with Gasteiger partial charge in [-0.2, -0.15) is 0 Å².